The molecule has 2 heteroatoms. The van der Waals surface area contributed by atoms with Crippen LogP contribution < -0.4 is 0 Å². The summed E-state index contributed by atoms with van der Waals surface area (Å²) in [5.41, 5.74) is 0.968. The molecule has 1 unspecified atom stereocenters. The van der Waals surface area contributed by atoms with Crippen LogP contribution in [0.1, 0.15) is 38.4 Å². The van der Waals surface area contributed by atoms with E-state index in [1.54, 1.807) is 12.4 Å². The van der Waals surface area contributed by atoms with Gasteiger partial charge in [0.25, 0.3) is 0 Å². The molecule has 1 heterocycles. The Balaban J connectivity index is 2.44. The third kappa shape index (κ3) is 3.55. The average Bonchev–Trinajstić information content (AvgIpc) is 2.15. The van der Waals surface area contributed by atoms with Crippen molar-refractivity contribution in [3.63, 3.8) is 0 Å². The van der Waals surface area contributed by atoms with Crippen molar-refractivity contribution in [2.24, 2.45) is 5.92 Å². The van der Waals surface area contributed by atoms with E-state index < -0.39 is 0 Å². The predicted molar refractivity (Wildman–Crippen MR) is 53.3 cm³/mol. The number of hydrogen-bond donors (Lipinski definition) is 1. The zero-order valence-corrected chi connectivity index (χ0v) is 8.27. The van der Waals surface area contributed by atoms with E-state index >= 15 is 0 Å². The lowest BCUT2D eigenvalue weighted by atomic mass is 10.0. The molecule has 2 nitrogen and oxygen atoms in total. The second-order valence-electron chi connectivity index (χ2n) is 3.77. The van der Waals surface area contributed by atoms with E-state index in [4.69, 9.17) is 0 Å². The van der Waals surface area contributed by atoms with Crippen molar-refractivity contribution in [3.8, 4) is 0 Å². The van der Waals surface area contributed by atoms with Crippen LogP contribution in [0.2, 0.25) is 0 Å². The third-order valence-electron chi connectivity index (χ3n) is 2.11. The van der Waals surface area contributed by atoms with E-state index in [0.29, 0.717) is 5.92 Å². The Bertz CT molecular complexity index is 233. The van der Waals surface area contributed by atoms with Crippen LogP contribution in [0.5, 0.6) is 0 Å². The monoisotopic (exact) mass is 179 g/mol. The second kappa shape index (κ2) is 4.97. The molecule has 0 bridgehead atoms. The van der Waals surface area contributed by atoms with Gasteiger partial charge in [-0.2, -0.15) is 0 Å². The summed E-state index contributed by atoms with van der Waals surface area (Å²) in [7, 11) is 0. The van der Waals surface area contributed by atoms with Gasteiger partial charge in [0.1, 0.15) is 0 Å². The van der Waals surface area contributed by atoms with Gasteiger partial charge in [-0.15, -0.1) is 0 Å². The minimum Gasteiger partial charge on any atom is -0.388 e. The molecule has 1 aromatic rings. The van der Waals surface area contributed by atoms with Crippen molar-refractivity contribution in [2.45, 2.75) is 32.8 Å². The first kappa shape index (κ1) is 10.2. The van der Waals surface area contributed by atoms with Gasteiger partial charge >= 0.3 is 0 Å². The average molecular weight is 179 g/mol. The van der Waals surface area contributed by atoms with Gasteiger partial charge in [0.05, 0.1) is 6.10 Å². The highest BCUT2D eigenvalue weighted by Crippen LogP contribution is 2.19. The Labute approximate surface area is 79.6 Å². The predicted octanol–water partition coefficient (Wildman–Crippen LogP) is 2.55. The summed E-state index contributed by atoms with van der Waals surface area (Å²) in [6.07, 6.45) is 5.00. The van der Waals surface area contributed by atoms with E-state index in [9.17, 15) is 5.11 Å². The molecule has 0 saturated carbocycles. The Morgan fingerprint density at radius 3 is 2.38 bits per heavy atom. The second-order valence-corrected chi connectivity index (χ2v) is 3.77. The molecule has 0 saturated heterocycles. The van der Waals surface area contributed by atoms with Crippen molar-refractivity contribution in [3.05, 3.63) is 30.1 Å². The number of rotatable bonds is 4. The molecule has 1 rings (SSSR count). The lowest BCUT2D eigenvalue weighted by Gasteiger charge is -2.11. The minimum atomic E-state index is -0.328. The van der Waals surface area contributed by atoms with E-state index in [1.165, 1.54) is 0 Å². The fraction of sp³-hybridized carbons (Fsp3) is 0.545. The van der Waals surface area contributed by atoms with E-state index in [1.807, 2.05) is 12.1 Å². The molecule has 0 aliphatic carbocycles. The Kier molecular flexibility index (Phi) is 3.90. The molecule has 0 fully saturated rings. The smallest absolute Gasteiger partial charge is 0.0791 e. The van der Waals surface area contributed by atoms with Crippen LogP contribution in [-0.4, -0.2) is 10.1 Å². The van der Waals surface area contributed by atoms with Crippen LogP contribution in [0.15, 0.2) is 24.5 Å². The summed E-state index contributed by atoms with van der Waals surface area (Å²) in [5, 5.41) is 9.74. The standard InChI is InChI=1S/C11H17NO/c1-9(2)3-4-11(13)10-5-7-12-8-6-10/h5-9,11,13H,3-4H2,1-2H3. The van der Waals surface area contributed by atoms with Gasteiger partial charge in [-0.05, 0) is 36.5 Å². The van der Waals surface area contributed by atoms with E-state index in [-0.39, 0.29) is 6.10 Å². The van der Waals surface area contributed by atoms with Crippen LogP contribution in [-0.2, 0) is 0 Å². The van der Waals surface area contributed by atoms with Gasteiger partial charge in [0, 0.05) is 12.4 Å². The highest BCUT2D eigenvalue weighted by atomic mass is 16.3. The summed E-state index contributed by atoms with van der Waals surface area (Å²) in [6, 6.07) is 3.73. The summed E-state index contributed by atoms with van der Waals surface area (Å²) in [4.78, 5) is 3.91. The van der Waals surface area contributed by atoms with E-state index in [2.05, 4.69) is 18.8 Å². The van der Waals surface area contributed by atoms with Crippen LogP contribution in [0.3, 0.4) is 0 Å². The summed E-state index contributed by atoms with van der Waals surface area (Å²) < 4.78 is 0. The summed E-state index contributed by atoms with van der Waals surface area (Å²) in [6.45, 7) is 4.33. The zero-order valence-electron chi connectivity index (χ0n) is 8.27. The molecule has 1 N–H and O–H groups in total. The summed E-state index contributed by atoms with van der Waals surface area (Å²) in [5.74, 6) is 0.650. The summed E-state index contributed by atoms with van der Waals surface area (Å²) >= 11 is 0. The fourth-order valence-corrected chi connectivity index (χ4v) is 1.24. The van der Waals surface area contributed by atoms with E-state index in [0.717, 1.165) is 18.4 Å². The number of hydrogen-bond acceptors (Lipinski definition) is 2. The molecule has 0 spiro atoms. The van der Waals surface area contributed by atoms with Gasteiger partial charge in [-0.1, -0.05) is 13.8 Å². The highest BCUT2D eigenvalue weighted by molar-refractivity contribution is 5.12. The van der Waals surface area contributed by atoms with Gasteiger partial charge in [0.2, 0.25) is 0 Å². The first-order valence-corrected chi connectivity index (χ1v) is 4.78. The number of nitrogens with zero attached hydrogens (tertiary/aromatic N) is 1. The zero-order chi connectivity index (χ0) is 9.68. The molecule has 1 atom stereocenters. The number of aromatic nitrogens is 1. The molecule has 0 aliphatic heterocycles. The maximum Gasteiger partial charge on any atom is 0.0791 e. The highest BCUT2D eigenvalue weighted by Gasteiger charge is 2.07. The van der Waals surface area contributed by atoms with Crippen molar-refractivity contribution in [1.82, 2.24) is 4.98 Å². The number of pyridine rings is 1. The van der Waals surface area contributed by atoms with Gasteiger partial charge in [-0.3, -0.25) is 4.98 Å². The Morgan fingerprint density at radius 2 is 1.85 bits per heavy atom. The van der Waals surface area contributed by atoms with Gasteiger partial charge in [-0.25, -0.2) is 0 Å². The first-order chi connectivity index (χ1) is 6.20. The topological polar surface area (TPSA) is 33.1 Å². The van der Waals surface area contributed by atoms with Gasteiger partial charge < -0.3 is 5.11 Å². The van der Waals surface area contributed by atoms with Crippen molar-refractivity contribution < 1.29 is 5.11 Å². The molecule has 0 aromatic carbocycles. The molecule has 0 amide bonds. The number of aliphatic hydroxyl groups excluding tert-OH is 1. The van der Waals surface area contributed by atoms with Crippen LogP contribution >= 0.6 is 0 Å². The molecule has 13 heavy (non-hydrogen) atoms. The van der Waals surface area contributed by atoms with Crippen LogP contribution in [0.4, 0.5) is 0 Å². The molecule has 0 radical (unpaired) electrons. The van der Waals surface area contributed by atoms with Crippen molar-refractivity contribution >= 4 is 0 Å². The lowest BCUT2D eigenvalue weighted by Crippen LogP contribution is -1.99. The molecule has 1 aromatic heterocycles. The quantitative estimate of drug-likeness (QED) is 0.770. The third-order valence-corrected chi connectivity index (χ3v) is 2.11. The van der Waals surface area contributed by atoms with Crippen molar-refractivity contribution in [2.75, 3.05) is 0 Å². The van der Waals surface area contributed by atoms with Gasteiger partial charge in [0.15, 0.2) is 0 Å². The lowest BCUT2D eigenvalue weighted by molar-refractivity contribution is 0.159. The fourth-order valence-electron chi connectivity index (χ4n) is 1.24. The Hall–Kier alpha value is -0.890. The molecular weight excluding hydrogens is 162 g/mol. The maximum atomic E-state index is 9.74. The first-order valence-electron chi connectivity index (χ1n) is 4.78. The maximum absolute atomic E-state index is 9.74. The number of aliphatic hydroxyl groups is 1. The minimum absolute atomic E-state index is 0.328. The van der Waals surface area contributed by atoms with Crippen LogP contribution in [0.25, 0.3) is 0 Å². The normalized spacial score (nSPS) is 13.2. The molecule has 72 valence electrons. The largest absolute Gasteiger partial charge is 0.388 e. The Morgan fingerprint density at radius 1 is 1.23 bits per heavy atom. The van der Waals surface area contributed by atoms with Crippen LogP contribution in [0, 0.1) is 5.92 Å². The van der Waals surface area contributed by atoms with Crippen molar-refractivity contribution in [1.29, 1.82) is 0 Å². The molecule has 0 aliphatic rings. The SMILES string of the molecule is CC(C)CCC(O)c1ccncc1. The molecular formula is C11H17NO.